The van der Waals surface area contributed by atoms with Crippen LogP contribution >= 0.6 is 11.3 Å². The minimum absolute atomic E-state index is 0.164. The fourth-order valence-corrected chi connectivity index (χ4v) is 3.14. The Labute approximate surface area is 119 Å². The van der Waals surface area contributed by atoms with Crippen molar-refractivity contribution in [1.29, 1.82) is 0 Å². The summed E-state index contributed by atoms with van der Waals surface area (Å²) in [6.45, 7) is 2.03. The summed E-state index contributed by atoms with van der Waals surface area (Å²) < 4.78 is 0.681. The largest absolute Gasteiger partial charge is 0.382 e. The molecule has 0 unspecified atom stereocenters. The Kier molecular flexibility index (Phi) is 2.87. The summed E-state index contributed by atoms with van der Waals surface area (Å²) in [5.74, 6) is -0.292. The number of nitrogen functional groups attached to an aromatic ring is 1. The maximum atomic E-state index is 11.4. The van der Waals surface area contributed by atoms with E-state index < -0.39 is 5.91 Å². The molecular weight excluding hydrogens is 272 g/mol. The molecule has 5 nitrogen and oxygen atoms in total. The van der Waals surface area contributed by atoms with E-state index in [9.17, 15) is 4.79 Å². The van der Waals surface area contributed by atoms with E-state index in [-0.39, 0.29) is 5.69 Å². The number of primary amides is 1. The Morgan fingerprint density at radius 3 is 2.55 bits per heavy atom. The standard InChI is InChI=1S/C14H12N4OS/c1-7-2-4-8(5-3-7)10-6-9-12(20-10)11(14(16)19)17-18-13(9)15/h2-6H,1H3,(H2,15,18)(H2,16,19). The van der Waals surface area contributed by atoms with Crippen molar-refractivity contribution in [2.75, 3.05) is 5.73 Å². The van der Waals surface area contributed by atoms with E-state index in [1.165, 1.54) is 16.9 Å². The Morgan fingerprint density at radius 2 is 1.90 bits per heavy atom. The fraction of sp³-hybridized carbons (Fsp3) is 0.0714. The van der Waals surface area contributed by atoms with Gasteiger partial charge in [-0.3, -0.25) is 4.79 Å². The minimum Gasteiger partial charge on any atom is -0.382 e. The third-order valence-electron chi connectivity index (χ3n) is 3.05. The number of hydrogen-bond acceptors (Lipinski definition) is 5. The van der Waals surface area contributed by atoms with Gasteiger partial charge in [-0.15, -0.1) is 21.5 Å². The average molecular weight is 284 g/mol. The van der Waals surface area contributed by atoms with E-state index in [1.54, 1.807) is 0 Å². The molecule has 2 heterocycles. The summed E-state index contributed by atoms with van der Waals surface area (Å²) >= 11 is 1.44. The Bertz CT molecular complexity index is 808. The molecule has 0 spiro atoms. The van der Waals surface area contributed by atoms with Crippen LogP contribution in [0.3, 0.4) is 0 Å². The van der Waals surface area contributed by atoms with Gasteiger partial charge in [0.1, 0.15) is 0 Å². The molecule has 6 heteroatoms. The van der Waals surface area contributed by atoms with E-state index >= 15 is 0 Å². The highest BCUT2D eigenvalue weighted by Crippen LogP contribution is 2.36. The van der Waals surface area contributed by atoms with E-state index in [2.05, 4.69) is 10.2 Å². The number of amides is 1. The fourth-order valence-electron chi connectivity index (χ4n) is 1.98. The number of fused-ring (bicyclic) bond motifs is 1. The smallest absolute Gasteiger partial charge is 0.270 e. The Balaban J connectivity index is 2.24. The molecule has 0 fully saturated rings. The molecule has 0 aliphatic rings. The SMILES string of the molecule is Cc1ccc(-c2cc3c(N)nnc(C(N)=O)c3s2)cc1. The summed E-state index contributed by atoms with van der Waals surface area (Å²) in [7, 11) is 0. The maximum Gasteiger partial charge on any atom is 0.270 e. The van der Waals surface area contributed by atoms with Gasteiger partial charge in [0.25, 0.3) is 5.91 Å². The molecule has 0 aliphatic carbocycles. The molecule has 4 N–H and O–H groups in total. The molecule has 3 aromatic rings. The Hall–Kier alpha value is -2.47. The van der Waals surface area contributed by atoms with Crippen LogP contribution in [0.1, 0.15) is 16.1 Å². The topological polar surface area (TPSA) is 94.9 Å². The van der Waals surface area contributed by atoms with Gasteiger partial charge in [-0.2, -0.15) is 0 Å². The lowest BCUT2D eigenvalue weighted by atomic mass is 10.1. The van der Waals surface area contributed by atoms with Gasteiger partial charge in [0.2, 0.25) is 0 Å². The lowest BCUT2D eigenvalue weighted by molar-refractivity contribution is 0.0996. The summed E-state index contributed by atoms with van der Waals surface area (Å²) in [6, 6.07) is 10.0. The number of carbonyl (C=O) groups is 1. The molecule has 100 valence electrons. The van der Waals surface area contributed by atoms with Crippen LogP contribution in [0.25, 0.3) is 20.5 Å². The predicted molar refractivity (Wildman–Crippen MR) is 80.5 cm³/mol. The van der Waals surface area contributed by atoms with Crippen molar-refractivity contribution < 1.29 is 4.79 Å². The number of aryl methyl sites for hydroxylation is 1. The van der Waals surface area contributed by atoms with Crippen LogP contribution in [0.15, 0.2) is 30.3 Å². The number of rotatable bonds is 2. The molecule has 0 aliphatic heterocycles. The van der Waals surface area contributed by atoms with Crippen molar-refractivity contribution in [3.05, 3.63) is 41.6 Å². The van der Waals surface area contributed by atoms with Crippen molar-refractivity contribution in [3.63, 3.8) is 0 Å². The number of nitrogens with zero attached hydrogens (tertiary/aromatic N) is 2. The van der Waals surface area contributed by atoms with Crippen molar-refractivity contribution in [2.45, 2.75) is 6.92 Å². The molecule has 1 aromatic carbocycles. The van der Waals surface area contributed by atoms with Gasteiger partial charge < -0.3 is 11.5 Å². The van der Waals surface area contributed by atoms with Gasteiger partial charge >= 0.3 is 0 Å². The monoisotopic (exact) mass is 284 g/mol. The second-order valence-electron chi connectivity index (χ2n) is 4.52. The van der Waals surface area contributed by atoms with Gasteiger partial charge in [-0.25, -0.2) is 0 Å². The summed E-state index contributed by atoms with van der Waals surface area (Å²) in [5, 5.41) is 8.29. The average Bonchev–Trinajstić information content (AvgIpc) is 2.85. The number of benzene rings is 1. The van der Waals surface area contributed by atoms with Gasteiger partial charge in [-0.1, -0.05) is 29.8 Å². The number of nitrogens with two attached hydrogens (primary N) is 2. The van der Waals surface area contributed by atoms with Gasteiger partial charge in [0, 0.05) is 10.3 Å². The highest BCUT2D eigenvalue weighted by atomic mass is 32.1. The molecule has 0 atom stereocenters. The zero-order valence-corrected chi connectivity index (χ0v) is 11.6. The van der Waals surface area contributed by atoms with Crippen LogP contribution in [0.5, 0.6) is 0 Å². The number of carbonyl (C=O) groups excluding carboxylic acids is 1. The highest BCUT2D eigenvalue weighted by Gasteiger charge is 2.16. The van der Waals surface area contributed by atoms with E-state index in [1.807, 2.05) is 37.3 Å². The zero-order valence-electron chi connectivity index (χ0n) is 10.8. The number of anilines is 1. The van der Waals surface area contributed by atoms with Crippen molar-refractivity contribution >= 4 is 33.1 Å². The van der Waals surface area contributed by atoms with Crippen LogP contribution in [-0.2, 0) is 0 Å². The van der Waals surface area contributed by atoms with Crippen molar-refractivity contribution in [1.82, 2.24) is 10.2 Å². The second-order valence-corrected chi connectivity index (χ2v) is 5.57. The first-order valence-electron chi connectivity index (χ1n) is 5.99. The van der Waals surface area contributed by atoms with Crippen LogP contribution in [0.2, 0.25) is 0 Å². The first kappa shape index (κ1) is 12.6. The second kappa shape index (κ2) is 4.57. The van der Waals surface area contributed by atoms with Gasteiger partial charge in [0.05, 0.1) is 4.70 Å². The number of thiophene rings is 1. The maximum absolute atomic E-state index is 11.4. The first-order valence-corrected chi connectivity index (χ1v) is 6.80. The lowest BCUT2D eigenvalue weighted by Gasteiger charge is -1.97. The van der Waals surface area contributed by atoms with Gasteiger partial charge in [0.15, 0.2) is 11.5 Å². The summed E-state index contributed by atoms with van der Waals surface area (Å²) in [4.78, 5) is 12.4. The predicted octanol–water partition coefficient (Wildman–Crippen LogP) is 2.35. The quantitative estimate of drug-likeness (QED) is 0.755. The van der Waals surface area contributed by atoms with E-state index in [0.717, 1.165) is 15.8 Å². The van der Waals surface area contributed by atoms with Crippen molar-refractivity contribution in [2.24, 2.45) is 5.73 Å². The van der Waals surface area contributed by atoms with Crippen LogP contribution in [0.4, 0.5) is 5.82 Å². The Morgan fingerprint density at radius 1 is 1.20 bits per heavy atom. The van der Waals surface area contributed by atoms with Crippen LogP contribution in [-0.4, -0.2) is 16.1 Å². The summed E-state index contributed by atoms with van der Waals surface area (Å²) in [6.07, 6.45) is 0. The zero-order chi connectivity index (χ0) is 14.3. The van der Waals surface area contributed by atoms with E-state index in [0.29, 0.717) is 10.5 Å². The van der Waals surface area contributed by atoms with Crippen molar-refractivity contribution in [3.8, 4) is 10.4 Å². The van der Waals surface area contributed by atoms with Crippen LogP contribution < -0.4 is 11.5 Å². The first-order chi connectivity index (χ1) is 9.56. The van der Waals surface area contributed by atoms with E-state index in [4.69, 9.17) is 11.5 Å². The molecular formula is C14H12N4OS. The molecule has 0 bridgehead atoms. The molecule has 3 rings (SSSR count). The van der Waals surface area contributed by atoms with Gasteiger partial charge in [-0.05, 0) is 18.6 Å². The third-order valence-corrected chi connectivity index (χ3v) is 4.24. The normalized spacial score (nSPS) is 10.8. The summed E-state index contributed by atoms with van der Waals surface area (Å²) in [5.41, 5.74) is 13.6. The lowest BCUT2D eigenvalue weighted by Crippen LogP contribution is -2.14. The number of hydrogen-bond donors (Lipinski definition) is 2. The molecule has 0 radical (unpaired) electrons. The molecule has 0 saturated heterocycles. The van der Waals surface area contributed by atoms with Crippen LogP contribution in [0, 0.1) is 6.92 Å². The molecule has 2 aromatic heterocycles. The number of aromatic nitrogens is 2. The third kappa shape index (κ3) is 2.00. The molecule has 20 heavy (non-hydrogen) atoms. The molecule has 1 amide bonds. The molecule has 0 saturated carbocycles. The highest BCUT2D eigenvalue weighted by molar-refractivity contribution is 7.22. The minimum atomic E-state index is -0.597.